The first kappa shape index (κ1) is 20.4. The van der Waals surface area contributed by atoms with Crippen molar-refractivity contribution in [2.75, 3.05) is 20.3 Å². The molecule has 1 aliphatic carbocycles. The zero-order chi connectivity index (χ0) is 21.5. The number of aromatic nitrogens is 2. The minimum Gasteiger partial charge on any atom is -0.495 e. The molecule has 0 saturated heterocycles. The lowest BCUT2D eigenvalue weighted by molar-refractivity contribution is 0.0507. The SMILES string of the molecule is CCCOC(=O)c1c[nH]c2c(=O)[nH]c3cc(OC)c(S(=O)(=O)NCC4CC4)cc3c12. The first-order valence-electron chi connectivity index (χ1n) is 9.77. The van der Waals surface area contributed by atoms with E-state index in [-0.39, 0.29) is 28.3 Å². The number of ether oxygens (including phenoxy) is 2. The van der Waals surface area contributed by atoms with E-state index in [1.165, 1.54) is 25.4 Å². The van der Waals surface area contributed by atoms with Crippen molar-refractivity contribution in [2.45, 2.75) is 31.1 Å². The Kier molecular flexibility index (Phi) is 5.29. The van der Waals surface area contributed by atoms with Gasteiger partial charge in [-0.15, -0.1) is 0 Å². The van der Waals surface area contributed by atoms with E-state index < -0.39 is 21.6 Å². The Hall–Kier alpha value is -2.85. The molecule has 10 heteroatoms. The van der Waals surface area contributed by atoms with Gasteiger partial charge in [0.15, 0.2) is 0 Å². The number of H-pyrrole nitrogens is 2. The second-order valence-electron chi connectivity index (χ2n) is 7.39. The highest BCUT2D eigenvalue weighted by Crippen LogP contribution is 2.34. The zero-order valence-electron chi connectivity index (χ0n) is 16.7. The minimum atomic E-state index is -3.85. The van der Waals surface area contributed by atoms with Crippen molar-refractivity contribution in [1.82, 2.24) is 14.7 Å². The highest BCUT2D eigenvalue weighted by molar-refractivity contribution is 7.89. The lowest BCUT2D eigenvalue weighted by atomic mass is 10.1. The Bertz CT molecular complexity index is 1290. The molecule has 0 atom stereocenters. The normalized spacial score (nSPS) is 14.3. The van der Waals surface area contributed by atoms with Gasteiger partial charge in [-0.2, -0.15) is 0 Å². The molecular weight excluding hydrogens is 410 g/mol. The van der Waals surface area contributed by atoms with Crippen LogP contribution in [-0.4, -0.2) is 44.6 Å². The lowest BCUT2D eigenvalue weighted by Gasteiger charge is -2.13. The van der Waals surface area contributed by atoms with Crippen molar-refractivity contribution in [3.63, 3.8) is 0 Å². The van der Waals surface area contributed by atoms with E-state index in [9.17, 15) is 18.0 Å². The molecule has 1 aromatic carbocycles. The third-order valence-electron chi connectivity index (χ3n) is 5.13. The van der Waals surface area contributed by atoms with Gasteiger partial charge in [0.05, 0.1) is 24.8 Å². The van der Waals surface area contributed by atoms with Gasteiger partial charge < -0.3 is 19.4 Å². The van der Waals surface area contributed by atoms with Gasteiger partial charge in [0.2, 0.25) is 10.0 Å². The predicted octanol–water partition coefficient (Wildman–Crippen LogP) is 2.27. The van der Waals surface area contributed by atoms with Crippen LogP contribution in [-0.2, 0) is 14.8 Å². The first-order valence-corrected chi connectivity index (χ1v) is 11.3. The summed E-state index contributed by atoms with van der Waals surface area (Å²) in [5.74, 6) is -0.118. The fourth-order valence-corrected chi connectivity index (χ4v) is 4.66. The summed E-state index contributed by atoms with van der Waals surface area (Å²) < 4.78 is 39.0. The van der Waals surface area contributed by atoms with Crippen LogP contribution >= 0.6 is 0 Å². The Morgan fingerprint density at radius 3 is 2.73 bits per heavy atom. The molecule has 0 amide bonds. The van der Waals surface area contributed by atoms with Gasteiger partial charge in [-0.25, -0.2) is 17.9 Å². The van der Waals surface area contributed by atoms with Gasteiger partial charge in [0, 0.05) is 29.6 Å². The molecule has 1 saturated carbocycles. The van der Waals surface area contributed by atoms with Crippen LogP contribution in [0, 0.1) is 5.92 Å². The molecule has 3 N–H and O–H groups in total. The van der Waals surface area contributed by atoms with Gasteiger partial charge in [0.25, 0.3) is 5.56 Å². The minimum absolute atomic E-state index is 0.0550. The number of aromatic amines is 2. The largest absolute Gasteiger partial charge is 0.495 e. The summed E-state index contributed by atoms with van der Waals surface area (Å²) in [4.78, 5) is 30.5. The molecule has 30 heavy (non-hydrogen) atoms. The zero-order valence-corrected chi connectivity index (χ0v) is 17.5. The number of carbonyl (C=O) groups is 1. The summed E-state index contributed by atoms with van der Waals surface area (Å²) in [6, 6.07) is 2.88. The molecule has 0 aliphatic heterocycles. The monoisotopic (exact) mass is 433 g/mol. The standard InChI is InChI=1S/C20H23N3O6S/c1-3-6-29-20(25)13-10-21-18-17(13)12-7-16(30(26,27)22-9-11-4-5-11)15(28-2)8-14(12)23-19(18)24/h7-8,10-11,21-22H,3-6,9H2,1-2H3,(H,23,24). The molecule has 0 radical (unpaired) electrons. The van der Waals surface area contributed by atoms with Gasteiger partial charge in [-0.1, -0.05) is 6.92 Å². The summed E-state index contributed by atoms with van der Waals surface area (Å²) in [6.07, 6.45) is 4.07. The molecule has 2 aromatic heterocycles. The number of fused-ring (bicyclic) bond motifs is 3. The van der Waals surface area contributed by atoms with Crippen LogP contribution in [0.3, 0.4) is 0 Å². The van der Waals surface area contributed by atoms with Crippen molar-refractivity contribution in [3.05, 3.63) is 34.2 Å². The van der Waals surface area contributed by atoms with E-state index in [0.717, 1.165) is 12.8 Å². The first-order chi connectivity index (χ1) is 14.4. The Labute approximate surface area is 172 Å². The summed E-state index contributed by atoms with van der Waals surface area (Å²) in [6.45, 7) is 2.48. The van der Waals surface area contributed by atoms with Crippen LogP contribution in [0.15, 0.2) is 28.0 Å². The van der Waals surface area contributed by atoms with Crippen molar-refractivity contribution in [3.8, 4) is 5.75 Å². The number of methoxy groups -OCH3 is 1. The van der Waals surface area contributed by atoms with Crippen molar-refractivity contribution < 1.29 is 22.7 Å². The highest BCUT2D eigenvalue weighted by Gasteiger charge is 2.27. The summed E-state index contributed by atoms with van der Waals surface area (Å²) in [5, 5.41) is 0.720. The van der Waals surface area contributed by atoms with Crippen molar-refractivity contribution in [2.24, 2.45) is 5.92 Å². The second-order valence-corrected chi connectivity index (χ2v) is 9.12. The number of nitrogens with one attached hydrogen (secondary N) is 3. The van der Waals surface area contributed by atoms with Crippen LogP contribution in [0.4, 0.5) is 0 Å². The van der Waals surface area contributed by atoms with Crippen LogP contribution in [0.25, 0.3) is 21.8 Å². The summed E-state index contributed by atoms with van der Waals surface area (Å²) in [5.41, 5.74) is 0.269. The van der Waals surface area contributed by atoms with Crippen LogP contribution in [0.1, 0.15) is 36.5 Å². The van der Waals surface area contributed by atoms with E-state index in [1.807, 2.05) is 6.92 Å². The number of esters is 1. The molecular formula is C20H23N3O6S. The van der Waals surface area contributed by atoms with Crippen LogP contribution in [0.2, 0.25) is 0 Å². The number of carbonyl (C=O) groups excluding carboxylic acids is 1. The van der Waals surface area contributed by atoms with Crippen molar-refractivity contribution in [1.29, 1.82) is 0 Å². The number of hydrogen-bond donors (Lipinski definition) is 3. The third-order valence-corrected chi connectivity index (χ3v) is 6.58. The molecule has 1 aliphatic rings. The topological polar surface area (TPSA) is 130 Å². The van der Waals surface area contributed by atoms with Gasteiger partial charge in [-0.05, 0) is 31.2 Å². The third kappa shape index (κ3) is 3.68. The molecule has 4 rings (SSSR count). The maximum Gasteiger partial charge on any atom is 0.340 e. The van der Waals surface area contributed by atoms with E-state index in [4.69, 9.17) is 9.47 Å². The highest BCUT2D eigenvalue weighted by atomic mass is 32.2. The molecule has 2 heterocycles. The fourth-order valence-electron chi connectivity index (χ4n) is 3.37. The number of pyridine rings is 1. The average Bonchev–Trinajstić information content (AvgIpc) is 3.45. The van der Waals surface area contributed by atoms with Gasteiger partial charge >= 0.3 is 5.97 Å². The quantitative estimate of drug-likeness (QED) is 0.467. The van der Waals surface area contributed by atoms with E-state index >= 15 is 0 Å². The molecule has 9 nitrogen and oxygen atoms in total. The Morgan fingerprint density at radius 2 is 2.07 bits per heavy atom. The Morgan fingerprint density at radius 1 is 1.30 bits per heavy atom. The fraction of sp³-hybridized carbons (Fsp3) is 0.400. The number of benzene rings is 1. The smallest absolute Gasteiger partial charge is 0.340 e. The van der Waals surface area contributed by atoms with Gasteiger partial charge in [-0.3, -0.25) is 4.79 Å². The van der Waals surface area contributed by atoms with E-state index in [1.54, 1.807) is 0 Å². The maximum absolute atomic E-state index is 12.9. The maximum atomic E-state index is 12.9. The second kappa shape index (κ2) is 7.77. The number of sulfonamides is 1. The number of rotatable bonds is 8. The molecule has 3 aromatic rings. The number of hydrogen-bond acceptors (Lipinski definition) is 6. The summed E-state index contributed by atoms with van der Waals surface area (Å²) >= 11 is 0. The molecule has 0 unspecified atom stereocenters. The summed E-state index contributed by atoms with van der Waals surface area (Å²) in [7, 11) is -2.49. The molecule has 0 bridgehead atoms. The average molecular weight is 433 g/mol. The predicted molar refractivity (Wildman–Crippen MR) is 111 cm³/mol. The van der Waals surface area contributed by atoms with Crippen LogP contribution < -0.4 is 15.0 Å². The van der Waals surface area contributed by atoms with E-state index in [0.29, 0.717) is 35.2 Å². The van der Waals surface area contributed by atoms with E-state index in [2.05, 4.69) is 14.7 Å². The molecule has 160 valence electrons. The Balaban J connectivity index is 1.92. The molecule has 1 fully saturated rings. The lowest BCUT2D eigenvalue weighted by Crippen LogP contribution is -2.26. The van der Waals surface area contributed by atoms with Crippen LogP contribution in [0.5, 0.6) is 5.75 Å². The van der Waals surface area contributed by atoms with Gasteiger partial charge in [0.1, 0.15) is 16.2 Å². The molecule has 0 spiro atoms. The van der Waals surface area contributed by atoms with Crippen molar-refractivity contribution >= 4 is 37.8 Å².